The van der Waals surface area contributed by atoms with Crippen LogP contribution in [0, 0.1) is 6.92 Å². The van der Waals surface area contributed by atoms with Gasteiger partial charge in [-0.05, 0) is 42.3 Å². The fraction of sp³-hybridized carbons (Fsp3) is 0.333. The lowest BCUT2D eigenvalue weighted by atomic mass is 10.1. The number of hydrogen-bond donors (Lipinski definition) is 3. The minimum absolute atomic E-state index is 0. The lowest BCUT2D eigenvalue weighted by Crippen LogP contribution is -2.39. The number of methoxy groups -OCH3 is 1. The Morgan fingerprint density at radius 2 is 1.84 bits per heavy atom. The van der Waals surface area contributed by atoms with Crippen LogP contribution in [-0.2, 0) is 20.1 Å². The molecule has 2 aromatic heterocycles. The van der Waals surface area contributed by atoms with Crippen LogP contribution in [0.2, 0.25) is 0 Å². The number of halogens is 1. The van der Waals surface area contributed by atoms with Gasteiger partial charge in [0.1, 0.15) is 11.6 Å². The van der Waals surface area contributed by atoms with E-state index in [1.165, 1.54) is 0 Å². The third-order valence-corrected chi connectivity index (χ3v) is 4.73. The highest BCUT2D eigenvalue weighted by Gasteiger charge is 2.10. The first-order valence-corrected chi connectivity index (χ1v) is 9.64. The standard InChI is InChI=1S/C21H27N7O2.HI/c1-15-26-27-20(28(15)2)14-25-21(23-12-16-4-6-18(30-3)7-5-16)24-13-19(29)17-8-10-22-11-9-17;/h4-11,19,29H,12-14H2,1-3H3,(H2,23,24,25);1H. The van der Waals surface area contributed by atoms with E-state index in [1.807, 2.05) is 42.8 Å². The zero-order chi connectivity index (χ0) is 21.3. The van der Waals surface area contributed by atoms with Crippen molar-refractivity contribution in [3.63, 3.8) is 0 Å². The molecule has 0 saturated heterocycles. The predicted octanol–water partition coefficient (Wildman–Crippen LogP) is 2.11. The first-order chi connectivity index (χ1) is 14.6. The second kappa shape index (κ2) is 12.2. The highest BCUT2D eigenvalue weighted by atomic mass is 127. The third kappa shape index (κ3) is 7.17. The van der Waals surface area contributed by atoms with Crippen molar-refractivity contribution in [3.05, 3.63) is 71.6 Å². The smallest absolute Gasteiger partial charge is 0.192 e. The number of aliphatic hydroxyl groups excluding tert-OH is 1. The van der Waals surface area contributed by atoms with E-state index in [0.717, 1.165) is 28.5 Å². The Morgan fingerprint density at radius 1 is 1.13 bits per heavy atom. The fourth-order valence-electron chi connectivity index (χ4n) is 2.74. The molecular formula is C21H28IN7O2. The Kier molecular flexibility index (Phi) is 9.66. The van der Waals surface area contributed by atoms with Crippen LogP contribution in [0.1, 0.15) is 28.9 Å². The lowest BCUT2D eigenvalue weighted by Gasteiger charge is -2.16. The Balaban J connectivity index is 0.00000341. The van der Waals surface area contributed by atoms with Gasteiger partial charge in [0, 0.05) is 26.0 Å². The number of ether oxygens (including phenoxy) is 1. The molecule has 0 amide bonds. The molecule has 1 atom stereocenters. The summed E-state index contributed by atoms with van der Waals surface area (Å²) in [6.07, 6.45) is 2.63. The van der Waals surface area contributed by atoms with Gasteiger partial charge in [0.05, 0.1) is 26.3 Å². The third-order valence-electron chi connectivity index (χ3n) is 4.73. The van der Waals surface area contributed by atoms with Gasteiger partial charge < -0.3 is 25.0 Å². The van der Waals surface area contributed by atoms with E-state index in [-0.39, 0.29) is 24.0 Å². The molecule has 9 nitrogen and oxygen atoms in total. The van der Waals surface area contributed by atoms with Gasteiger partial charge in [-0.2, -0.15) is 0 Å². The van der Waals surface area contributed by atoms with Crippen molar-refractivity contribution in [1.82, 2.24) is 30.4 Å². The number of nitrogens with zero attached hydrogens (tertiary/aromatic N) is 5. The van der Waals surface area contributed by atoms with Crippen molar-refractivity contribution in [2.45, 2.75) is 26.1 Å². The maximum atomic E-state index is 10.4. The van der Waals surface area contributed by atoms with E-state index in [9.17, 15) is 5.11 Å². The van der Waals surface area contributed by atoms with Crippen LogP contribution in [0.25, 0.3) is 0 Å². The average Bonchev–Trinajstić information content (AvgIpc) is 3.11. The number of aliphatic imine (C=N–C) groups is 1. The molecule has 0 bridgehead atoms. The quantitative estimate of drug-likeness (QED) is 0.230. The predicted molar refractivity (Wildman–Crippen MR) is 129 cm³/mol. The number of aryl methyl sites for hydroxylation is 1. The number of hydrogen-bond acceptors (Lipinski definition) is 6. The molecule has 31 heavy (non-hydrogen) atoms. The number of benzene rings is 1. The number of nitrogens with one attached hydrogen (secondary N) is 2. The average molecular weight is 537 g/mol. The van der Waals surface area contributed by atoms with Gasteiger partial charge in [0.15, 0.2) is 11.8 Å². The van der Waals surface area contributed by atoms with E-state index >= 15 is 0 Å². The second-order valence-corrected chi connectivity index (χ2v) is 6.77. The minimum atomic E-state index is -0.682. The zero-order valence-corrected chi connectivity index (χ0v) is 20.1. The summed E-state index contributed by atoms with van der Waals surface area (Å²) in [7, 11) is 3.56. The SMILES string of the molecule is COc1ccc(CN=C(NCc2nnc(C)n2C)NCC(O)c2ccncc2)cc1.I. The van der Waals surface area contributed by atoms with Gasteiger partial charge in [-0.1, -0.05) is 12.1 Å². The highest BCUT2D eigenvalue weighted by molar-refractivity contribution is 14.0. The molecule has 10 heteroatoms. The number of aromatic nitrogens is 4. The van der Waals surface area contributed by atoms with Crippen molar-refractivity contribution < 1.29 is 9.84 Å². The maximum Gasteiger partial charge on any atom is 0.192 e. The van der Waals surface area contributed by atoms with Crippen LogP contribution in [0.5, 0.6) is 5.75 Å². The van der Waals surface area contributed by atoms with Crippen molar-refractivity contribution in [2.75, 3.05) is 13.7 Å². The van der Waals surface area contributed by atoms with Gasteiger partial charge >= 0.3 is 0 Å². The molecule has 2 heterocycles. The summed E-state index contributed by atoms with van der Waals surface area (Å²) in [4.78, 5) is 8.62. The molecular weight excluding hydrogens is 509 g/mol. The number of aliphatic hydroxyl groups is 1. The molecule has 1 aromatic carbocycles. The minimum Gasteiger partial charge on any atom is -0.497 e. The summed E-state index contributed by atoms with van der Waals surface area (Å²) in [6.45, 7) is 3.13. The topological polar surface area (TPSA) is 109 Å². The van der Waals surface area contributed by atoms with E-state index in [4.69, 9.17) is 4.74 Å². The van der Waals surface area contributed by atoms with Crippen LogP contribution in [-0.4, -0.2) is 44.5 Å². The van der Waals surface area contributed by atoms with E-state index in [0.29, 0.717) is 25.6 Å². The Hall–Kier alpha value is -2.73. The summed E-state index contributed by atoms with van der Waals surface area (Å²) in [5.74, 6) is 3.00. The van der Waals surface area contributed by atoms with Crippen molar-refractivity contribution in [3.8, 4) is 5.75 Å². The second-order valence-electron chi connectivity index (χ2n) is 6.77. The highest BCUT2D eigenvalue weighted by Crippen LogP contribution is 2.12. The summed E-state index contributed by atoms with van der Waals surface area (Å²) in [6, 6.07) is 11.3. The molecule has 3 N–H and O–H groups in total. The van der Waals surface area contributed by atoms with Gasteiger partial charge in [-0.25, -0.2) is 4.99 Å². The molecule has 3 aromatic rings. The molecule has 0 radical (unpaired) electrons. The number of pyridine rings is 1. The zero-order valence-electron chi connectivity index (χ0n) is 17.8. The van der Waals surface area contributed by atoms with Gasteiger partial charge in [-0.15, -0.1) is 34.2 Å². The van der Waals surface area contributed by atoms with Gasteiger partial charge in [0.25, 0.3) is 0 Å². The van der Waals surface area contributed by atoms with E-state index < -0.39 is 6.10 Å². The molecule has 3 rings (SSSR count). The Morgan fingerprint density at radius 3 is 2.45 bits per heavy atom. The molecule has 166 valence electrons. The molecule has 0 aliphatic carbocycles. The first-order valence-electron chi connectivity index (χ1n) is 9.64. The van der Waals surface area contributed by atoms with Crippen molar-refractivity contribution in [2.24, 2.45) is 12.0 Å². The van der Waals surface area contributed by atoms with Gasteiger partial charge in [0.2, 0.25) is 0 Å². The summed E-state index contributed by atoms with van der Waals surface area (Å²) in [5, 5.41) is 25.1. The Labute approximate surface area is 199 Å². The van der Waals surface area contributed by atoms with E-state index in [1.54, 1.807) is 31.6 Å². The molecule has 0 saturated carbocycles. The monoisotopic (exact) mass is 537 g/mol. The first kappa shape index (κ1) is 24.5. The van der Waals surface area contributed by atoms with Crippen LogP contribution < -0.4 is 15.4 Å². The van der Waals surface area contributed by atoms with Crippen molar-refractivity contribution >= 4 is 29.9 Å². The maximum absolute atomic E-state index is 10.4. The molecule has 0 aliphatic rings. The Bertz CT molecular complexity index is 962. The fourth-order valence-corrected chi connectivity index (χ4v) is 2.74. The number of rotatable bonds is 8. The molecule has 0 spiro atoms. The largest absolute Gasteiger partial charge is 0.497 e. The summed E-state index contributed by atoms with van der Waals surface area (Å²) >= 11 is 0. The van der Waals surface area contributed by atoms with E-state index in [2.05, 4.69) is 30.8 Å². The van der Waals surface area contributed by atoms with Crippen molar-refractivity contribution in [1.29, 1.82) is 0 Å². The molecule has 0 aliphatic heterocycles. The summed E-state index contributed by atoms with van der Waals surface area (Å²) < 4.78 is 7.11. The number of guanidine groups is 1. The van der Waals surface area contributed by atoms with Crippen LogP contribution in [0.3, 0.4) is 0 Å². The molecule has 0 fully saturated rings. The lowest BCUT2D eigenvalue weighted by molar-refractivity contribution is 0.180. The molecule has 1 unspecified atom stereocenters. The van der Waals surface area contributed by atoms with Crippen LogP contribution >= 0.6 is 24.0 Å². The van der Waals surface area contributed by atoms with Crippen LogP contribution in [0.15, 0.2) is 53.8 Å². The summed E-state index contributed by atoms with van der Waals surface area (Å²) in [5.41, 5.74) is 1.83. The van der Waals surface area contributed by atoms with Gasteiger partial charge in [-0.3, -0.25) is 4.98 Å². The normalized spacial score (nSPS) is 12.1. The van der Waals surface area contributed by atoms with Crippen LogP contribution in [0.4, 0.5) is 0 Å².